The molecule has 10 nitrogen and oxygen atoms in total. The number of fused-ring (bicyclic) bond motifs is 6. The molecule has 6 aliphatic heterocycles. The molecule has 2 aromatic heterocycles. The Morgan fingerprint density at radius 2 is 1.10 bits per heavy atom. The molecule has 10 rings (SSSR count). The second-order valence-corrected chi connectivity index (χ2v) is 13.2. The minimum Gasteiger partial charge on any atom is -0.330 e. The zero-order valence-corrected chi connectivity index (χ0v) is 23.7. The number of carbonyl (C=O) groups is 2. The largest absolute Gasteiger partial charge is 0.330 e. The molecule has 4 aromatic rings. The molecular weight excluding hydrogens is 528 g/mol. The number of hydrogen-bond acceptors (Lipinski definition) is 6. The van der Waals surface area contributed by atoms with Crippen molar-refractivity contribution in [2.45, 2.75) is 49.9 Å². The molecule has 8 atom stereocenters. The summed E-state index contributed by atoms with van der Waals surface area (Å²) in [5.74, 6) is 1.58. The van der Waals surface area contributed by atoms with E-state index in [-0.39, 0.29) is 11.8 Å². The Morgan fingerprint density at radius 1 is 0.643 bits per heavy atom. The molecule has 0 spiro atoms. The van der Waals surface area contributed by atoms with E-state index in [1.807, 2.05) is 48.5 Å². The fourth-order valence-corrected chi connectivity index (χ4v) is 9.24. The van der Waals surface area contributed by atoms with Crippen molar-refractivity contribution in [1.82, 2.24) is 40.0 Å². The van der Waals surface area contributed by atoms with Crippen LogP contribution < -0.4 is 0 Å². The molecular formula is C32H36N8O2. The molecule has 42 heavy (non-hydrogen) atoms. The highest BCUT2D eigenvalue weighted by atomic mass is 16.2. The number of benzene rings is 2. The Kier molecular flexibility index (Phi) is 5.53. The number of likely N-dealkylation sites (tertiary alicyclic amines) is 2. The fourth-order valence-electron chi connectivity index (χ4n) is 9.24. The van der Waals surface area contributed by atoms with Gasteiger partial charge in [0.05, 0.1) is 11.0 Å². The first-order chi connectivity index (χ1) is 20.6. The van der Waals surface area contributed by atoms with Crippen LogP contribution in [-0.4, -0.2) is 115 Å². The predicted molar refractivity (Wildman–Crippen MR) is 158 cm³/mol. The summed E-state index contributed by atoms with van der Waals surface area (Å²) in [4.78, 5) is 35.5. The van der Waals surface area contributed by atoms with Gasteiger partial charge in [0, 0.05) is 74.2 Å². The van der Waals surface area contributed by atoms with Gasteiger partial charge in [0.25, 0.3) is 11.8 Å². The zero-order chi connectivity index (χ0) is 27.9. The van der Waals surface area contributed by atoms with E-state index in [2.05, 4.69) is 40.0 Å². The second kappa shape index (κ2) is 9.37. The topological polar surface area (TPSA) is 104 Å². The fraction of sp³-hybridized carbons (Fsp3) is 0.500. The number of piperidine rings is 4. The van der Waals surface area contributed by atoms with Gasteiger partial charge in [-0.2, -0.15) is 10.2 Å². The van der Waals surface area contributed by atoms with Gasteiger partial charge in [-0.3, -0.25) is 19.8 Å². The number of nitrogens with zero attached hydrogens (tertiary/aromatic N) is 6. The second-order valence-electron chi connectivity index (χ2n) is 13.2. The Balaban J connectivity index is 0.000000119. The van der Waals surface area contributed by atoms with Crippen LogP contribution in [0, 0.1) is 11.8 Å². The van der Waals surface area contributed by atoms with Crippen LogP contribution >= 0.6 is 0 Å². The third kappa shape index (κ3) is 3.70. The van der Waals surface area contributed by atoms with Crippen molar-refractivity contribution in [1.29, 1.82) is 0 Å². The van der Waals surface area contributed by atoms with E-state index in [0.717, 1.165) is 60.8 Å². The molecule has 6 aliphatic rings. The Hall–Kier alpha value is -3.76. The van der Waals surface area contributed by atoms with E-state index in [0.29, 0.717) is 47.4 Å². The van der Waals surface area contributed by atoms with E-state index in [1.54, 1.807) is 0 Å². The maximum Gasteiger partial charge on any atom is 0.275 e. The van der Waals surface area contributed by atoms with Crippen LogP contribution in [0.4, 0.5) is 0 Å². The minimum atomic E-state index is 0.119. The van der Waals surface area contributed by atoms with Crippen LogP contribution in [0.3, 0.4) is 0 Å². The van der Waals surface area contributed by atoms with E-state index in [4.69, 9.17) is 0 Å². The van der Waals surface area contributed by atoms with Crippen molar-refractivity contribution in [3.8, 4) is 0 Å². The average Bonchev–Trinajstić information content (AvgIpc) is 3.71. The minimum absolute atomic E-state index is 0.119. The van der Waals surface area contributed by atoms with Crippen LogP contribution in [0.1, 0.15) is 46.7 Å². The average molecular weight is 565 g/mol. The van der Waals surface area contributed by atoms with Crippen molar-refractivity contribution in [2.75, 3.05) is 39.3 Å². The van der Waals surface area contributed by atoms with Gasteiger partial charge in [-0.1, -0.05) is 36.4 Å². The molecule has 6 bridgehead atoms. The Labute approximate surface area is 244 Å². The zero-order valence-electron chi connectivity index (χ0n) is 23.7. The highest BCUT2D eigenvalue weighted by molar-refractivity contribution is 6.05. The van der Waals surface area contributed by atoms with Crippen molar-refractivity contribution < 1.29 is 9.59 Å². The number of amides is 2. The van der Waals surface area contributed by atoms with Gasteiger partial charge < -0.3 is 19.6 Å². The van der Waals surface area contributed by atoms with Crippen molar-refractivity contribution in [3.63, 3.8) is 0 Å². The molecule has 0 radical (unpaired) electrons. The smallest absolute Gasteiger partial charge is 0.275 e. The summed E-state index contributed by atoms with van der Waals surface area (Å²) >= 11 is 0. The van der Waals surface area contributed by atoms with Crippen LogP contribution in [0.2, 0.25) is 0 Å². The number of aromatic amines is 2. The lowest BCUT2D eigenvalue weighted by Gasteiger charge is -2.35. The molecule has 6 saturated heterocycles. The van der Waals surface area contributed by atoms with E-state index in [9.17, 15) is 9.59 Å². The van der Waals surface area contributed by atoms with Gasteiger partial charge in [-0.15, -0.1) is 0 Å². The molecule has 216 valence electrons. The highest BCUT2D eigenvalue weighted by Gasteiger charge is 2.52. The number of hydrogen-bond donors (Lipinski definition) is 2. The number of para-hydroxylation sites is 2. The molecule has 6 fully saturated rings. The van der Waals surface area contributed by atoms with Crippen molar-refractivity contribution in [3.05, 3.63) is 59.9 Å². The quantitative estimate of drug-likeness (QED) is 0.388. The normalized spacial score (nSPS) is 33.8. The number of aromatic nitrogens is 4. The van der Waals surface area contributed by atoms with Gasteiger partial charge in [-0.05, 0) is 49.7 Å². The third-order valence-electron chi connectivity index (χ3n) is 11.0. The van der Waals surface area contributed by atoms with Gasteiger partial charge in [0.15, 0.2) is 11.4 Å². The predicted octanol–water partition coefficient (Wildman–Crippen LogP) is 2.96. The summed E-state index contributed by atoms with van der Waals surface area (Å²) in [6, 6.07) is 17.4. The lowest BCUT2D eigenvalue weighted by atomic mass is 9.89. The monoisotopic (exact) mass is 564 g/mol. The van der Waals surface area contributed by atoms with Crippen molar-refractivity contribution >= 4 is 33.6 Å². The molecule has 2 unspecified atom stereocenters. The van der Waals surface area contributed by atoms with Crippen molar-refractivity contribution in [2.24, 2.45) is 11.8 Å². The maximum absolute atomic E-state index is 13.1. The molecule has 8 heterocycles. The maximum atomic E-state index is 13.1. The molecule has 0 aliphatic carbocycles. The summed E-state index contributed by atoms with van der Waals surface area (Å²) in [6.07, 6.45) is 4.59. The highest BCUT2D eigenvalue weighted by Crippen LogP contribution is 2.42. The first kappa shape index (κ1) is 24.8. The number of nitrogens with one attached hydrogen (secondary N) is 2. The summed E-state index contributed by atoms with van der Waals surface area (Å²) in [5, 5.41) is 16.5. The number of H-pyrrole nitrogens is 2. The summed E-state index contributed by atoms with van der Waals surface area (Å²) in [7, 11) is 0. The van der Waals surface area contributed by atoms with E-state index >= 15 is 0 Å². The van der Waals surface area contributed by atoms with Crippen LogP contribution in [0.5, 0.6) is 0 Å². The molecule has 0 saturated carbocycles. The SMILES string of the molecule is O=C(c1n[nH]c2ccccc12)N1[C@@H]2C[C@H]3CN(CC[C@H]31)C2.O=C(c1n[nH]c2ccccc12)N1[C@H]2C[C@@H]3CN(CC[C@@H]31)C2. The van der Waals surface area contributed by atoms with Gasteiger partial charge in [-0.25, -0.2) is 0 Å². The van der Waals surface area contributed by atoms with E-state index < -0.39 is 0 Å². The molecule has 2 aromatic carbocycles. The molecule has 2 N–H and O–H groups in total. The lowest BCUT2D eigenvalue weighted by Crippen LogP contribution is -2.44. The van der Waals surface area contributed by atoms with Gasteiger partial charge in [0.1, 0.15) is 0 Å². The molecule has 10 heteroatoms. The summed E-state index contributed by atoms with van der Waals surface area (Å²) < 4.78 is 0. The Morgan fingerprint density at radius 3 is 1.57 bits per heavy atom. The standard InChI is InChI=1S/2C16H18N4O/c2*21-16(15-12-3-1-2-4-13(12)17-18-15)20-11-7-10-8-19(9-11)6-5-14(10)20/h2*1-4,10-11,14H,5-9H2,(H,17,18)/t2*10-,11+,14+/m10/s1. The first-order valence-electron chi connectivity index (χ1n) is 15.6. The molecule has 2 amide bonds. The van der Waals surface area contributed by atoms with Gasteiger partial charge >= 0.3 is 0 Å². The first-order valence-corrected chi connectivity index (χ1v) is 15.6. The number of carbonyl (C=O) groups excluding carboxylic acids is 2. The van der Waals surface area contributed by atoms with Gasteiger partial charge in [0.2, 0.25) is 0 Å². The summed E-state index contributed by atoms with van der Waals surface area (Å²) in [6.45, 7) is 6.71. The van der Waals surface area contributed by atoms with Crippen LogP contribution in [-0.2, 0) is 0 Å². The van der Waals surface area contributed by atoms with Crippen LogP contribution in [0.15, 0.2) is 48.5 Å². The number of rotatable bonds is 2. The third-order valence-corrected chi connectivity index (χ3v) is 11.0. The summed E-state index contributed by atoms with van der Waals surface area (Å²) in [5.41, 5.74) is 3.07. The Bertz CT molecular complexity index is 1570. The van der Waals surface area contributed by atoms with Crippen LogP contribution in [0.25, 0.3) is 21.8 Å². The van der Waals surface area contributed by atoms with E-state index in [1.165, 1.54) is 25.9 Å². The lowest BCUT2D eigenvalue weighted by molar-refractivity contribution is 0.0660.